The molecule has 2 saturated carbocycles. The number of rotatable bonds is 5. The lowest BCUT2D eigenvalue weighted by molar-refractivity contribution is -0.146. The van der Waals surface area contributed by atoms with Crippen LogP contribution < -0.4 is 0 Å². The highest BCUT2D eigenvalue weighted by molar-refractivity contribution is 6.30. The maximum atomic E-state index is 13.2. The molecule has 3 heterocycles. The third-order valence-corrected chi connectivity index (χ3v) is 11.0. The van der Waals surface area contributed by atoms with Gasteiger partial charge >= 0.3 is 5.97 Å². The summed E-state index contributed by atoms with van der Waals surface area (Å²) in [4.78, 5) is 18.3. The number of nitrogens with zero attached hydrogens (tertiary/aromatic N) is 2. The summed E-state index contributed by atoms with van der Waals surface area (Å²) >= 11 is 6.21. The summed E-state index contributed by atoms with van der Waals surface area (Å²) in [5.74, 6) is 0.706. The van der Waals surface area contributed by atoms with Gasteiger partial charge in [0.15, 0.2) is 0 Å². The lowest BCUT2D eigenvalue weighted by Crippen LogP contribution is -2.55. The third-order valence-electron chi connectivity index (χ3n) is 10.7. The van der Waals surface area contributed by atoms with Crippen LogP contribution in [0.15, 0.2) is 54.6 Å². The molecule has 2 aromatic rings. The molecule has 0 aromatic heterocycles. The highest BCUT2D eigenvalue weighted by Gasteiger charge is 2.78. The van der Waals surface area contributed by atoms with Crippen molar-refractivity contribution in [3.05, 3.63) is 70.7 Å². The number of epoxide rings is 1. The van der Waals surface area contributed by atoms with Gasteiger partial charge in [-0.25, -0.2) is 0 Å². The second kappa shape index (κ2) is 9.33. The summed E-state index contributed by atoms with van der Waals surface area (Å²) in [5.41, 5.74) is 2.68. The number of hydrogen-bond acceptors (Lipinski definition) is 5. The van der Waals surface area contributed by atoms with Crippen LogP contribution in [0.1, 0.15) is 56.7 Å². The van der Waals surface area contributed by atoms with Gasteiger partial charge in [-0.3, -0.25) is 14.6 Å². The number of piperazine rings is 1. The fourth-order valence-electron chi connectivity index (χ4n) is 8.82. The van der Waals surface area contributed by atoms with Crippen LogP contribution in [0.5, 0.6) is 0 Å². The van der Waals surface area contributed by atoms with Crippen molar-refractivity contribution in [2.75, 3.05) is 32.7 Å². The van der Waals surface area contributed by atoms with Crippen LogP contribution in [0.3, 0.4) is 0 Å². The van der Waals surface area contributed by atoms with Crippen LogP contribution in [0.25, 0.3) is 0 Å². The number of esters is 1. The van der Waals surface area contributed by atoms with Crippen LogP contribution in [-0.2, 0) is 14.3 Å². The minimum atomic E-state index is -0.0733. The Morgan fingerprint density at radius 1 is 1.03 bits per heavy atom. The van der Waals surface area contributed by atoms with Gasteiger partial charge in [-0.1, -0.05) is 74.3 Å². The number of hydrogen-bond donors (Lipinski definition) is 0. The molecule has 0 amide bonds. The normalized spacial score (nSPS) is 39.6. The first-order valence-electron chi connectivity index (χ1n) is 14.5. The van der Waals surface area contributed by atoms with Gasteiger partial charge in [0.1, 0.15) is 11.7 Å². The average molecular weight is 535 g/mol. The quantitative estimate of drug-likeness (QED) is 0.370. The Morgan fingerprint density at radius 2 is 1.74 bits per heavy atom. The maximum Gasteiger partial charge on any atom is 0.311 e. The van der Waals surface area contributed by atoms with E-state index in [-0.39, 0.29) is 47.1 Å². The van der Waals surface area contributed by atoms with Gasteiger partial charge in [0, 0.05) is 49.1 Å². The van der Waals surface area contributed by atoms with Gasteiger partial charge in [-0.05, 0) is 48.4 Å². The van der Waals surface area contributed by atoms with Crippen molar-refractivity contribution in [2.45, 2.75) is 63.4 Å². The van der Waals surface area contributed by atoms with Crippen molar-refractivity contribution in [1.29, 1.82) is 0 Å². The first-order valence-corrected chi connectivity index (χ1v) is 14.9. The third kappa shape index (κ3) is 3.88. The fourth-order valence-corrected chi connectivity index (χ4v) is 8.95. The highest BCUT2D eigenvalue weighted by Crippen LogP contribution is 2.70. The number of fused-ring (bicyclic) bond motifs is 2. The van der Waals surface area contributed by atoms with Crippen molar-refractivity contribution in [3.63, 3.8) is 0 Å². The van der Waals surface area contributed by atoms with E-state index in [1.54, 1.807) is 0 Å². The zero-order valence-electron chi connectivity index (χ0n) is 22.5. The van der Waals surface area contributed by atoms with Crippen LogP contribution in [0, 0.1) is 23.2 Å². The Kier molecular flexibility index (Phi) is 6.16. The van der Waals surface area contributed by atoms with Gasteiger partial charge in [0.25, 0.3) is 0 Å². The van der Waals surface area contributed by atoms with E-state index in [4.69, 9.17) is 21.1 Å². The van der Waals surface area contributed by atoms with Crippen molar-refractivity contribution >= 4 is 17.6 Å². The van der Waals surface area contributed by atoms with Crippen molar-refractivity contribution < 1.29 is 14.3 Å². The van der Waals surface area contributed by atoms with E-state index in [0.29, 0.717) is 5.92 Å². The zero-order chi connectivity index (χ0) is 26.1. The SMILES string of the molecule is C[C@H]1CCC[C@]2(C)C[C@H]3OC(=O)[C@H](CN4CCN([C@H](c5ccccc5)c5ccc(Cl)cc5)CC4)[C@H]3[C@@H]3O[C@@]132. The van der Waals surface area contributed by atoms with E-state index >= 15 is 0 Å². The molecule has 1 spiro atoms. The summed E-state index contributed by atoms with van der Waals surface area (Å²) in [7, 11) is 0. The second-order valence-corrected chi connectivity index (χ2v) is 13.2. The van der Waals surface area contributed by atoms with E-state index in [9.17, 15) is 4.79 Å². The van der Waals surface area contributed by atoms with Crippen LogP contribution in [0.2, 0.25) is 5.02 Å². The van der Waals surface area contributed by atoms with Gasteiger partial charge in [0.05, 0.1) is 18.1 Å². The zero-order valence-corrected chi connectivity index (χ0v) is 23.3. The molecule has 202 valence electrons. The van der Waals surface area contributed by atoms with Gasteiger partial charge in [0.2, 0.25) is 0 Å². The highest BCUT2D eigenvalue weighted by atomic mass is 35.5. The summed E-state index contributed by atoms with van der Waals surface area (Å²) in [6, 6.07) is 19.2. The number of halogens is 1. The van der Waals surface area contributed by atoms with Crippen LogP contribution in [0.4, 0.5) is 0 Å². The molecular weight excluding hydrogens is 496 g/mol. The average Bonchev–Trinajstić information content (AvgIpc) is 3.61. The number of benzene rings is 2. The monoisotopic (exact) mass is 534 g/mol. The Morgan fingerprint density at radius 3 is 2.47 bits per heavy atom. The Labute approximate surface area is 231 Å². The molecule has 0 radical (unpaired) electrons. The smallest absolute Gasteiger partial charge is 0.311 e. The molecule has 6 heteroatoms. The molecule has 3 saturated heterocycles. The predicted octanol–water partition coefficient (Wildman–Crippen LogP) is 5.57. The van der Waals surface area contributed by atoms with E-state index in [1.807, 2.05) is 12.1 Å². The minimum Gasteiger partial charge on any atom is -0.462 e. The lowest BCUT2D eigenvalue weighted by Gasteiger charge is -2.49. The summed E-state index contributed by atoms with van der Waals surface area (Å²) < 4.78 is 12.7. The Balaban J connectivity index is 1.05. The van der Waals surface area contributed by atoms with Crippen LogP contribution in [-0.4, -0.2) is 66.3 Å². The topological polar surface area (TPSA) is 45.3 Å². The lowest BCUT2D eigenvalue weighted by atomic mass is 9.53. The molecule has 2 aromatic carbocycles. The minimum absolute atomic E-state index is 0.00584. The van der Waals surface area contributed by atoms with Crippen molar-refractivity contribution in [1.82, 2.24) is 9.80 Å². The maximum absolute atomic E-state index is 13.2. The fraction of sp³-hybridized carbons (Fsp3) is 0.594. The van der Waals surface area contributed by atoms with Crippen molar-refractivity contribution in [2.24, 2.45) is 23.2 Å². The molecule has 5 nitrogen and oxygen atoms in total. The molecule has 5 fully saturated rings. The van der Waals surface area contributed by atoms with Gasteiger partial charge < -0.3 is 9.47 Å². The first kappa shape index (κ1) is 25.1. The molecule has 0 bridgehead atoms. The van der Waals surface area contributed by atoms with Gasteiger partial charge in [-0.2, -0.15) is 0 Å². The largest absolute Gasteiger partial charge is 0.462 e. The van der Waals surface area contributed by atoms with E-state index in [1.165, 1.54) is 30.4 Å². The standard InChI is InChI=1S/C32H39ClN2O3/c1-21-7-6-14-31(2)19-26-27(29-32(21,31)38-29)25(30(36)37-26)20-34-15-17-35(18-16-34)28(22-8-4-3-5-9-22)23-10-12-24(33)13-11-23/h3-5,8-13,21,25-29H,6-7,14-20H2,1-2H3/t21-,25+,26+,27+,28+,29-,31+,32-/m0/s1. The molecule has 5 aliphatic rings. The van der Waals surface area contributed by atoms with E-state index in [0.717, 1.165) is 44.2 Å². The molecular formula is C32H39ClN2O3. The number of ether oxygens (including phenoxy) is 2. The molecule has 3 aliphatic heterocycles. The molecule has 0 unspecified atom stereocenters. The molecule has 0 N–H and O–H groups in total. The molecule has 8 atom stereocenters. The van der Waals surface area contributed by atoms with Gasteiger partial charge in [-0.15, -0.1) is 0 Å². The summed E-state index contributed by atoms with van der Waals surface area (Å²) in [6.07, 6.45) is 4.87. The van der Waals surface area contributed by atoms with Crippen LogP contribution >= 0.6 is 11.6 Å². The van der Waals surface area contributed by atoms with E-state index < -0.39 is 0 Å². The molecule has 38 heavy (non-hydrogen) atoms. The van der Waals surface area contributed by atoms with E-state index in [2.05, 4.69) is 66.1 Å². The Bertz CT molecular complexity index is 1180. The first-order chi connectivity index (χ1) is 18.4. The predicted molar refractivity (Wildman–Crippen MR) is 148 cm³/mol. The molecule has 7 rings (SSSR count). The number of carbonyl (C=O) groups excluding carboxylic acids is 1. The summed E-state index contributed by atoms with van der Waals surface area (Å²) in [5, 5.41) is 0.763. The Hall–Kier alpha value is -1.92. The van der Waals surface area contributed by atoms with Crippen molar-refractivity contribution in [3.8, 4) is 0 Å². The number of carbonyl (C=O) groups is 1. The summed E-state index contributed by atoms with van der Waals surface area (Å²) in [6.45, 7) is 9.35. The second-order valence-electron chi connectivity index (χ2n) is 12.8. The molecule has 2 aliphatic carbocycles.